The van der Waals surface area contributed by atoms with Gasteiger partial charge in [0.05, 0.1) is 17.8 Å². The normalized spacial score (nSPS) is 17.7. The van der Waals surface area contributed by atoms with Crippen molar-refractivity contribution >= 4 is 21.9 Å². The molecule has 6 heteroatoms. The zero-order valence-electron chi connectivity index (χ0n) is 10.8. The van der Waals surface area contributed by atoms with E-state index < -0.39 is 0 Å². The quantitative estimate of drug-likeness (QED) is 0.902. The number of ether oxygens (including phenoxy) is 1. The molecule has 5 nitrogen and oxygen atoms in total. The molecule has 1 N–H and O–H groups in total. The van der Waals surface area contributed by atoms with Gasteiger partial charge in [0.15, 0.2) is 0 Å². The Morgan fingerprint density at radius 2 is 2.22 bits per heavy atom. The van der Waals surface area contributed by atoms with Crippen molar-refractivity contribution in [2.24, 2.45) is 0 Å². The van der Waals surface area contributed by atoms with Crippen LogP contribution in [0.1, 0.15) is 19.8 Å². The van der Waals surface area contributed by atoms with E-state index in [1.165, 1.54) is 25.9 Å². The molecule has 0 amide bonds. The Morgan fingerprint density at radius 1 is 1.50 bits per heavy atom. The van der Waals surface area contributed by atoms with Crippen LogP contribution in [0.25, 0.3) is 0 Å². The van der Waals surface area contributed by atoms with Crippen LogP contribution < -0.4 is 10.1 Å². The first-order chi connectivity index (χ1) is 8.69. The molecular formula is C12H19BrN4O. The van der Waals surface area contributed by atoms with Gasteiger partial charge < -0.3 is 15.0 Å². The molecule has 1 aromatic heterocycles. The van der Waals surface area contributed by atoms with Crippen molar-refractivity contribution in [3.8, 4) is 5.88 Å². The molecule has 1 unspecified atom stereocenters. The molecule has 1 aromatic rings. The van der Waals surface area contributed by atoms with E-state index in [2.05, 4.69) is 43.0 Å². The minimum absolute atomic E-state index is 0.328. The Morgan fingerprint density at radius 3 is 2.89 bits per heavy atom. The third-order valence-electron chi connectivity index (χ3n) is 3.01. The molecule has 1 saturated heterocycles. The minimum Gasteiger partial charge on any atom is -0.480 e. The fraction of sp³-hybridized carbons (Fsp3) is 0.667. The van der Waals surface area contributed by atoms with Crippen molar-refractivity contribution < 1.29 is 4.74 Å². The van der Waals surface area contributed by atoms with Gasteiger partial charge in [0, 0.05) is 12.6 Å². The van der Waals surface area contributed by atoms with Crippen LogP contribution in [-0.4, -0.2) is 47.7 Å². The van der Waals surface area contributed by atoms with Gasteiger partial charge in [-0.25, -0.2) is 4.98 Å². The first kappa shape index (κ1) is 13.5. The lowest BCUT2D eigenvalue weighted by Gasteiger charge is -2.21. The Labute approximate surface area is 116 Å². The van der Waals surface area contributed by atoms with Gasteiger partial charge in [0.1, 0.15) is 0 Å². The van der Waals surface area contributed by atoms with Crippen molar-refractivity contribution in [3.63, 3.8) is 0 Å². The maximum atomic E-state index is 5.15. The monoisotopic (exact) mass is 314 g/mol. The number of nitrogens with zero attached hydrogens (tertiary/aromatic N) is 3. The molecule has 1 aliphatic heterocycles. The van der Waals surface area contributed by atoms with Gasteiger partial charge in [-0.2, -0.15) is 4.98 Å². The summed E-state index contributed by atoms with van der Waals surface area (Å²) >= 11 is 3.34. The fourth-order valence-electron chi connectivity index (χ4n) is 2.18. The first-order valence-electron chi connectivity index (χ1n) is 6.24. The van der Waals surface area contributed by atoms with E-state index in [0.717, 1.165) is 11.0 Å². The summed E-state index contributed by atoms with van der Waals surface area (Å²) in [6.07, 6.45) is 4.33. The summed E-state index contributed by atoms with van der Waals surface area (Å²) in [5.74, 6) is 1.17. The van der Waals surface area contributed by atoms with Crippen LogP contribution >= 0.6 is 15.9 Å². The minimum atomic E-state index is 0.328. The molecule has 0 radical (unpaired) electrons. The fourth-order valence-corrected chi connectivity index (χ4v) is 2.54. The van der Waals surface area contributed by atoms with Crippen LogP contribution in [0.15, 0.2) is 10.7 Å². The maximum Gasteiger partial charge on any atom is 0.232 e. The number of anilines is 1. The zero-order chi connectivity index (χ0) is 13.0. The highest BCUT2D eigenvalue weighted by Gasteiger charge is 2.15. The van der Waals surface area contributed by atoms with Crippen LogP contribution in [0, 0.1) is 0 Å². The van der Waals surface area contributed by atoms with E-state index in [9.17, 15) is 0 Å². The van der Waals surface area contributed by atoms with Gasteiger partial charge in [0.25, 0.3) is 0 Å². The lowest BCUT2D eigenvalue weighted by molar-refractivity contribution is 0.327. The highest BCUT2D eigenvalue weighted by atomic mass is 79.9. The molecule has 1 fully saturated rings. The zero-order valence-corrected chi connectivity index (χ0v) is 12.4. The van der Waals surface area contributed by atoms with Crippen molar-refractivity contribution in [2.75, 3.05) is 32.1 Å². The molecule has 0 bridgehead atoms. The van der Waals surface area contributed by atoms with E-state index in [1.54, 1.807) is 13.3 Å². The number of hydrogen-bond donors (Lipinski definition) is 1. The van der Waals surface area contributed by atoms with Gasteiger partial charge in [-0.1, -0.05) is 0 Å². The molecule has 0 saturated carbocycles. The highest BCUT2D eigenvalue weighted by Crippen LogP contribution is 2.22. The number of halogens is 1. The second-order valence-corrected chi connectivity index (χ2v) is 5.46. The molecule has 2 heterocycles. The van der Waals surface area contributed by atoms with Crippen LogP contribution in [0.5, 0.6) is 5.88 Å². The highest BCUT2D eigenvalue weighted by molar-refractivity contribution is 9.10. The number of methoxy groups -OCH3 is 1. The standard InChI is InChI=1S/C12H19BrN4O/c1-9(8-17-5-3-4-6-17)15-12-14-7-10(13)11(16-12)18-2/h7,9H,3-6,8H2,1-2H3,(H,14,15,16). The van der Waals surface area contributed by atoms with Crippen LogP contribution in [0.4, 0.5) is 5.95 Å². The van der Waals surface area contributed by atoms with E-state index in [1.807, 2.05) is 0 Å². The van der Waals surface area contributed by atoms with E-state index in [0.29, 0.717) is 17.9 Å². The van der Waals surface area contributed by atoms with Crippen LogP contribution in [0.3, 0.4) is 0 Å². The summed E-state index contributed by atoms with van der Waals surface area (Å²) in [6, 6.07) is 0.328. The summed E-state index contributed by atoms with van der Waals surface area (Å²) < 4.78 is 5.92. The lowest BCUT2D eigenvalue weighted by Crippen LogP contribution is -2.33. The van der Waals surface area contributed by atoms with Gasteiger partial charge in [-0.05, 0) is 48.8 Å². The number of hydrogen-bond acceptors (Lipinski definition) is 5. The van der Waals surface area contributed by atoms with Crippen molar-refractivity contribution in [3.05, 3.63) is 10.7 Å². The first-order valence-corrected chi connectivity index (χ1v) is 7.04. The van der Waals surface area contributed by atoms with Gasteiger partial charge >= 0.3 is 0 Å². The number of aromatic nitrogens is 2. The molecule has 0 aromatic carbocycles. The average molecular weight is 315 g/mol. The summed E-state index contributed by atoms with van der Waals surface area (Å²) in [6.45, 7) is 5.59. The predicted octanol–water partition coefficient (Wildman–Crippen LogP) is 2.14. The van der Waals surface area contributed by atoms with Gasteiger partial charge in [-0.3, -0.25) is 0 Å². The predicted molar refractivity (Wildman–Crippen MR) is 75.0 cm³/mol. The topological polar surface area (TPSA) is 50.3 Å². The van der Waals surface area contributed by atoms with Gasteiger partial charge in [-0.15, -0.1) is 0 Å². The summed E-state index contributed by atoms with van der Waals surface area (Å²) in [5, 5.41) is 3.31. The van der Waals surface area contributed by atoms with Crippen molar-refractivity contribution in [2.45, 2.75) is 25.8 Å². The van der Waals surface area contributed by atoms with E-state index >= 15 is 0 Å². The summed E-state index contributed by atoms with van der Waals surface area (Å²) in [7, 11) is 1.60. The summed E-state index contributed by atoms with van der Waals surface area (Å²) in [4.78, 5) is 11.0. The maximum absolute atomic E-state index is 5.15. The number of rotatable bonds is 5. The summed E-state index contributed by atoms with van der Waals surface area (Å²) in [5.41, 5.74) is 0. The van der Waals surface area contributed by atoms with Crippen LogP contribution in [-0.2, 0) is 0 Å². The Bertz CT molecular complexity index is 396. The number of likely N-dealkylation sites (tertiary alicyclic amines) is 1. The number of nitrogens with one attached hydrogen (secondary N) is 1. The third kappa shape index (κ3) is 3.55. The SMILES string of the molecule is COc1nc(NC(C)CN2CCCC2)ncc1Br. The van der Waals surface area contributed by atoms with Crippen molar-refractivity contribution in [1.29, 1.82) is 0 Å². The Kier molecular flexibility index (Phi) is 4.77. The molecular weight excluding hydrogens is 296 g/mol. The van der Waals surface area contributed by atoms with Crippen LogP contribution in [0.2, 0.25) is 0 Å². The molecule has 1 aliphatic rings. The Balaban J connectivity index is 1.91. The van der Waals surface area contributed by atoms with Crippen molar-refractivity contribution in [1.82, 2.24) is 14.9 Å². The lowest BCUT2D eigenvalue weighted by atomic mass is 10.3. The van der Waals surface area contributed by atoms with E-state index in [-0.39, 0.29) is 0 Å². The smallest absolute Gasteiger partial charge is 0.232 e. The molecule has 0 aliphatic carbocycles. The molecule has 2 rings (SSSR count). The molecule has 100 valence electrons. The molecule has 1 atom stereocenters. The Hall–Kier alpha value is -0.880. The largest absolute Gasteiger partial charge is 0.480 e. The second-order valence-electron chi connectivity index (χ2n) is 4.60. The molecule has 18 heavy (non-hydrogen) atoms. The van der Waals surface area contributed by atoms with E-state index in [4.69, 9.17) is 4.74 Å². The third-order valence-corrected chi connectivity index (χ3v) is 3.56. The molecule has 0 spiro atoms. The second kappa shape index (κ2) is 6.33. The average Bonchev–Trinajstić information content (AvgIpc) is 2.84. The van der Waals surface area contributed by atoms with Gasteiger partial charge in [0.2, 0.25) is 11.8 Å².